The summed E-state index contributed by atoms with van der Waals surface area (Å²) < 4.78 is 5.92. The molecule has 1 saturated heterocycles. The van der Waals surface area contributed by atoms with Crippen LogP contribution in [0.5, 0.6) is 5.75 Å². The summed E-state index contributed by atoms with van der Waals surface area (Å²) in [6.45, 7) is 3.53. The van der Waals surface area contributed by atoms with E-state index >= 15 is 0 Å². The normalized spacial score (nSPS) is 18.2. The van der Waals surface area contributed by atoms with Crippen molar-refractivity contribution in [3.8, 4) is 5.75 Å². The second-order valence-corrected chi connectivity index (χ2v) is 5.83. The van der Waals surface area contributed by atoms with Crippen molar-refractivity contribution in [1.29, 1.82) is 0 Å². The number of carbonyl (C=O) groups is 1. The van der Waals surface area contributed by atoms with Crippen LogP contribution in [0.2, 0.25) is 0 Å². The molecule has 1 aliphatic heterocycles. The molecule has 112 valence electrons. The van der Waals surface area contributed by atoms with E-state index in [1.165, 1.54) is 18.4 Å². The van der Waals surface area contributed by atoms with E-state index in [4.69, 9.17) is 4.74 Å². The second-order valence-electron chi connectivity index (χ2n) is 5.83. The van der Waals surface area contributed by atoms with Gasteiger partial charge < -0.3 is 15.4 Å². The van der Waals surface area contributed by atoms with Crippen LogP contribution in [0, 0.1) is 0 Å². The monoisotopic (exact) mass is 286 g/mol. The maximum absolute atomic E-state index is 12.1. The van der Waals surface area contributed by atoms with Crippen LogP contribution < -0.4 is 15.4 Å². The van der Waals surface area contributed by atoms with E-state index in [2.05, 4.69) is 10.6 Å². The first-order valence-electron chi connectivity index (χ1n) is 7.70. The molecular formula is C17H22N2O2. The van der Waals surface area contributed by atoms with Crippen LogP contribution in [0.25, 0.3) is 0 Å². The number of carbonyl (C=O) groups excluding carboxylic acids is 1. The van der Waals surface area contributed by atoms with E-state index in [0.29, 0.717) is 6.10 Å². The molecule has 21 heavy (non-hydrogen) atoms. The van der Waals surface area contributed by atoms with Crippen LogP contribution in [0.3, 0.4) is 0 Å². The molecule has 0 spiro atoms. The van der Waals surface area contributed by atoms with Crippen molar-refractivity contribution < 1.29 is 9.53 Å². The van der Waals surface area contributed by atoms with E-state index in [0.717, 1.165) is 42.9 Å². The lowest BCUT2D eigenvalue weighted by atomic mass is 10.0. The number of benzene rings is 1. The molecule has 1 saturated carbocycles. The lowest BCUT2D eigenvalue weighted by molar-refractivity contribution is -0.112. The summed E-state index contributed by atoms with van der Waals surface area (Å²) in [7, 11) is 0. The Labute approximate surface area is 125 Å². The van der Waals surface area contributed by atoms with Gasteiger partial charge in [-0.15, -0.1) is 0 Å². The van der Waals surface area contributed by atoms with Crippen molar-refractivity contribution in [3.63, 3.8) is 0 Å². The maximum Gasteiger partial charge on any atom is 0.251 e. The molecule has 2 N–H and O–H groups in total. The summed E-state index contributed by atoms with van der Waals surface area (Å²) in [6, 6.07) is 7.67. The molecule has 1 aromatic rings. The molecule has 4 heteroatoms. The Morgan fingerprint density at radius 3 is 2.43 bits per heavy atom. The average molecular weight is 286 g/mol. The predicted molar refractivity (Wildman–Crippen MR) is 83.5 cm³/mol. The zero-order valence-corrected chi connectivity index (χ0v) is 12.4. The predicted octanol–water partition coefficient (Wildman–Crippen LogP) is 2.87. The van der Waals surface area contributed by atoms with Gasteiger partial charge in [-0.25, -0.2) is 0 Å². The number of rotatable bonds is 4. The summed E-state index contributed by atoms with van der Waals surface area (Å²) in [6.07, 6.45) is 5.20. The minimum absolute atomic E-state index is 0.0176. The molecular weight excluding hydrogens is 264 g/mol. The third-order valence-electron chi connectivity index (χ3n) is 4.26. The van der Waals surface area contributed by atoms with Crippen molar-refractivity contribution in [2.24, 2.45) is 0 Å². The summed E-state index contributed by atoms with van der Waals surface area (Å²) in [5, 5.41) is 6.08. The van der Waals surface area contributed by atoms with Crippen LogP contribution >= 0.6 is 0 Å². The van der Waals surface area contributed by atoms with Gasteiger partial charge >= 0.3 is 0 Å². The van der Waals surface area contributed by atoms with Gasteiger partial charge in [0.15, 0.2) is 0 Å². The highest BCUT2D eigenvalue weighted by Gasteiger charge is 2.17. The van der Waals surface area contributed by atoms with E-state index in [1.54, 1.807) is 0 Å². The first-order valence-corrected chi connectivity index (χ1v) is 7.70. The molecule has 0 radical (unpaired) electrons. The minimum atomic E-state index is -0.0176. The molecule has 2 aliphatic rings. The van der Waals surface area contributed by atoms with Gasteiger partial charge in [0.1, 0.15) is 5.75 Å². The third kappa shape index (κ3) is 3.45. The zero-order chi connectivity index (χ0) is 14.7. The van der Waals surface area contributed by atoms with Gasteiger partial charge in [-0.1, -0.05) is 0 Å². The van der Waals surface area contributed by atoms with Gasteiger partial charge in [0.2, 0.25) is 0 Å². The Morgan fingerprint density at radius 2 is 1.86 bits per heavy atom. The molecule has 0 aromatic heterocycles. The highest BCUT2D eigenvalue weighted by Crippen LogP contribution is 2.25. The number of nitrogens with one attached hydrogen (secondary N) is 2. The lowest BCUT2D eigenvalue weighted by Crippen LogP contribution is -2.36. The average Bonchev–Trinajstić information content (AvgIpc) is 2.92. The van der Waals surface area contributed by atoms with Gasteiger partial charge in [-0.05, 0) is 62.4 Å². The summed E-state index contributed by atoms with van der Waals surface area (Å²) in [4.78, 5) is 12.1. The Kier molecular flexibility index (Phi) is 4.25. The van der Waals surface area contributed by atoms with E-state index in [1.807, 2.05) is 31.2 Å². The fraction of sp³-hybridized carbons (Fsp3) is 0.471. The molecule has 0 bridgehead atoms. The van der Waals surface area contributed by atoms with Crippen molar-refractivity contribution >= 4 is 11.6 Å². The molecule has 0 unspecified atom stereocenters. The quantitative estimate of drug-likeness (QED) is 0.837. The summed E-state index contributed by atoms with van der Waals surface area (Å²) >= 11 is 0. The molecule has 1 aliphatic carbocycles. The van der Waals surface area contributed by atoms with Crippen molar-refractivity contribution in [1.82, 2.24) is 5.32 Å². The summed E-state index contributed by atoms with van der Waals surface area (Å²) in [5.74, 6) is 0.870. The smallest absolute Gasteiger partial charge is 0.251 e. The van der Waals surface area contributed by atoms with Gasteiger partial charge in [-0.2, -0.15) is 0 Å². The second kappa shape index (κ2) is 6.31. The van der Waals surface area contributed by atoms with Crippen LogP contribution in [0.15, 0.2) is 35.4 Å². The van der Waals surface area contributed by atoms with Crippen molar-refractivity contribution in [3.05, 3.63) is 35.4 Å². The van der Waals surface area contributed by atoms with E-state index in [-0.39, 0.29) is 5.91 Å². The molecule has 2 fully saturated rings. The highest BCUT2D eigenvalue weighted by atomic mass is 16.5. The Morgan fingerprint density at radius 1 is 1.19 bits per heavy atom. The lowest BCUT2D eigenvalue weighted by Gasteiger charge is -2.21. The van der Waals surface area contributed by atoms with Gasteiger partial charge in [0, 0.05) is 24.4 Å². The van der Waals surface area contributed by atoms with Gasteiger partial charge in [0.05, 0.1) is 6.10 Å². The highest BCUT2D eigenvalue weighted by molar-refractivity contribution is 6.04. The first-order chi connectivity index (χ1) is 10.2. The number of hydrogen-bond donors (Lipinski definition) is 2. The first kappa shape index (κ1) is 14.1. The minimum Gasteiger partial charge on any atom is -0.490 e. The molecule has 1 aromatic carbocycles. The van der Waals surface area contributed by atoms with Crippen LogP contribution in [-0.2, 0) is 4.79 Å². The molecule has 1 amide bonds. The summed E-state index contributed by atoms with van der Waals surface area (Å²) in [5.41, 5.74) is 2.82. The van der Waals surface area contributed by atoms with Crippen molar-refractivity contribution in [2.45, 2.75) is 38.7 Å². The van der Waals surface area contributed by atoms with Crippen molar-refractivity contribution in [2.75, 3.05) is 18.4 Å². The van der Waals surface area contributed by atoms with E-state index in [9.17, 15) is 4.79 Å². The van der Waals surface area contributed by atoms with Crippen LogP contribution in [0.1, 0.15) is 32.6 Å². The maximum atomic E-state index is 12.1. The third-order valence-corrected chi connectivity index (χ3v) is 4.26. The molecule has 0 atom stereocenters. The number of amides is 1. The topological polar surface area (TPSA) is 50.4 Å². The zero-order valence-electron chi connectivity index (χ0n) is 12.4. The van der Waals surface area contributed by atoms with Gasteiger partial charge in [0.25, 0.3) is 5.91 Å². The fourth-order valence-electron chi connectivity index (χ4n) is 2.72. The Hall–Kier alpha value is -1.81. The molecule has 4 nitrogen and oxygen atoms in total. The van der Waals surface area contributed by atoms with Crippen LogP contribution in [0.4, 0.5) is 5.69 Å². The molecule has 3 rings (SSSR count). The number of anilines is 1. The number of ether oxygens (including phenoxy) is 1. The Balaban J connectivity index is 1.57. The van der Waals surface area contributed by atoms with E-state index < -0.39 is 0 Å². The Bertz CT molecular complexity index is 536. The standard InChI is InChI=1S/C17H22N2O2/c1-12(13-10-18-11-13)17(20)19-14-6-8-16(9-7-14)21-15-4-2-3-5-15/h6-9,15,18H,2-5,10-11H2,1H3,(H,19,20). The number of hydrogen-bond acceptors (Lipinski definition) is 3. The SMILES string of the molecule is CC(C(=O)Nc1ccc(OC2CCCC2)cc1)=C1CNC1. The van der Waals surface area contributed by atoms with Gasteiger partial charge in [-0.3, -0.25) is 4.79 Å². The largest absolute Gasteiger partial charge is 0.490 e. The van der Waals surface area contributed by atoms with Crippen LogP contribution in [-0.4, -0.2) is 25.1 Å². The molecule has 1 heterocycles. The fourth-order valence-corrected chi connectivity index (χ4v) is 2.72.